The third kappa shape index (κ3) is 5.43. The molecule has 3 rings (SSSR count). The van der Waals surface area contributed by atoms with Gasteiger partial charge in [-0.25, -0.2) is 9.18 Å². The topological polar surface area (TPSA) is 80.3 Å². The second kappa shape index (κ2) is 8.70. The van der Waals surface area contributed by atoms with Gasteiger partial charge in [0.1, 0.15) is 11.4 Å². The summed E-state index contributed by atoms with van der Waals surface area (Å²) in [6, 6.07) is 3.69. The predicted octanol–water partition coefficient (Wildman–Crippen LogP) is 4.16. The molecule has 1 heterocycles. The monoisotopic (exact) mass is 459 g/mol. The van der Waals surface area contributed by atoms with Gasteiger partial charge in [0.25, 0.3) is 0 Å². The Labute approximate surface area is 179 Å². The molecule has 166 valence electrons. The van der Waals surface area contributed by atoms with Crippen molar-refractivity contribution in [3.8, 4) is 0 Å². The van der Waals surface area contributed by atoms with E-state index in [-0.39, 0.29) is 22.3 Å². The highest BCUT2D eigenvalue weighted by Gasteiger charge is 2.43. The Hall–Kier alpha value is -2.88. The van der Waals surface area contributed by atoms with Gasteiger partial charge in [-0.1, -0.05) is 11.6 Å². The molecule has 31 heavy (non-hydrogen) atoms. The van der Waals surface area contributed by atoms with Crippen molar-refractivity contribution in [3.63, 3.8) is 0 Å². The number of rotatable bonds is 6. The Morgan fingerprint density at radius 3 is 2.42 bits per heavy atom. The Bertz CT molecular complexity index is 981. The van der Waals surface area contributed by atoms with E-state index in [4.69, 9.17) is 16.3 Å². The van der Waals surface area contributed by atoms with Crippen LogP contribution in [0.2, 0.25) is 5.02 Å². The van der Waals surface area contributed by atoms with E-state index < -0.39 is 41.5 Å². The van der Waals surface area contributed by atoms with E-state index in [1.807, 2.05) is 0 Å². The summed E-state index contributed by atoms with van der Waals surface area (Å²) in [7, 11) is 1.08. The van der Waals surface area contributed by atoms with E-state index in [0.29, 0.717) is 12.1 Å². The molecule has 1 aliphatic carbocycles. The maximum Gasteiger partial charge on any atom is 0.416 e. The van der Waals surface area contributed by atoms with Crippen molar-refractivity contribution in [1.82, 2.24) is 15.6 Å². The molecule has 1 aromatic heterocycles. The van der Waals surface area contributed by atoms with Gasteiger partial charge in [-0.15, -0.1) is 0 Å². The first-order chi connectivity index (χ1) is 14.5. The van der Waals surface area contributed by atoms with E-state index in [2.05, 4.69) is 15.6 Å². The third-order valence-corrected chi connectivity index (χ3v) is 4.98. The lowest BCUT2D eigenvalue weighted by atomic mass is 9.82. The number of urea groups is 1. The van der Waals surface area contributed by atoms with Gasteiger partial charge in [0, 0.05) is 12.2 Å². The molecule has 1 aliphatic rings. The number of hydrogen-bond donors (Lipinski definition) is 2. The Morgan fingerprint density at radius 2 is 1.87 bits per heavy atom. The zero-order valence-electron chi connectivity index (χ0n) is 16.2. The second-order valence-corrected chi connectivity index (χ2v) is 7.56. The molecule has 0 saturated heterocycles. The molecule has 1 fully saturated rings. The number of carbonyl (C=O) groups is 2. The number of pyridine rings is 1. The molecule has 0 radical (unpaired) electrons. The Balaban J connectivity index is 2.21. The molecule has 11 heteroatoms. The summed E-state index contributed by atoms with van der Waals surface area (Å²) in [6.07, 6.45) is -2.81. The Kier molecular flexibility index (Phi) is 6.40. The fourth-order valence-electron chi connectivity index (χ4n) is 3.08. The molecule has 0 bridgehead atoms. The van der Waals surface area contributed by atoms with Gasteiger partial charge in [0.05, 0.1) is 29.8 Å². The van der Waals surface area contributed by atoms with Crippen molar-refractivity contribution >= 4 is 23.6 Å². The SMILES string of the molecule is COC(=O)C[C@](NC(=O)NC1CC1)(c1cc(F)cc(C(F)(F)F)c1)c1ccc(Cl)cn1. The summed E-state index contributed by atoms with van der Waals surface area (Å²) in [4.78, 5) is 29.0. The summed E-state index contributed by atoms with van der Waals surface area (Å²) < 4.78 is 59.1. The number of nitrogens with one attached hydrogen (secondary N) is 2. The summed E-state index contributed by atoms with van der Waals surface area (Å²) in [6.45, 7) is 0. The highest BCUT2D eigenvalue weighted by atomic mass is 35.5. The molecule has 2 amide bonds. The van der Waals surface area contributed by atoms with E-state index in [0.717, 1.165) is 26.0 Å². The van der Waals surface area contributed by atoms with Gasteiger partial charge in [-0.2, -0.15) is 13.2 Å². The number of halogens is 5. The molecule has 6 nitrogen and oxygen atoms in total. The van der Waals surface area contributed by atoms with Crippen molar-refractivity contribution in [2.75, 3.05) is 7.11 Å². The lowest BCUT2D eigenvalue weighted by Crippen LogP contribution is -2.53. The van der Waals surface area contributed by atoms with E-state index in [9.17, 15) is 27.2 Å². The largest absolute Gasteiger partial charge is 0.469 e. The van der Waals surface area contributed by atoms with E-state index >= 15 is 0 Å². The third-order valence-electron chi connectivity index (χ3n) is 4.76. The van der Waals surface area contributed by atoms with Crippen molar-refractivity contribution in [2.45, 2.75) is 37.0 Å². The second-order valence-electron chi connectivity index (χ2n) is 7.12. The van der Waals surface area contributed by atoms with Crippen LogP contribution in [0.25, 0.3) is 0 Å². The number of alkyl halides is 3. The molecule has 0 unspecified atom stereocenters. The minimum absolute atomic E-state index is 0.0213. The molecule has 1 atom stereocenters. The van der Waals surface area contributed by atoms with Gasteiger partial charge in [0.15, 0.2) is 0 Å². The molecular formula is C20H18ClF4N3O3. The summed E-state index contributed by atoms with van der Waals surface area (Å²) in [5, 5.41) is 5.39. The van der Waals surface area contributed by atoms with Crippen LogP contribution in [-0.4, -0.2) is 30.1 Å². The number of hydrogen-bond acceptors (Lipinski definition) is 4. The number of esters is 1. The van der Waals surface area contributed by atoms with E-state index in [1.165, 1.54) is 18.3 Å². The van der Waals surface area contributed by atoms with Gasteiger partial charge in [-0.05, 0) is 48.7 Å². The lowest BCUT2D eigenvalue weighted by Gasteiger charge is -2.34. The van der Waals surface area contributed by atoms with Crippen molar-refractivity contribution in [1.29, 1.82) is 0 Å². The number of carbonyl (C=O) groups excluding carboxylic acids is 2. The number of amides is 2. The minimum Gasteiger partial charge on any atom is -0.469 e. The summed E-state index contributed by atoms with van der Waals surface area (Å²) in [5.74, 6) is -2.06. The maximum atomic E-state index is 14.3. The van der Waals surface area contributed by atoms with Crippen LogP contribution < -0.4 is 10.6 Å². The number of benzene rings is 1. The van der Waals surface area contributed by atoms with Crippen LogP contribution >= 0.6 is 11.6 Å². The predicted molar refractivity (Wildman–Crippen MR) is 103 cm³/mol. The zero-order valence-corrected chi connectivity index (χ0v) is 17.0. The van der Waals surface area contributed by atoms with Crippen LogP contribution in [0.4, 0.5) is 22.4 Å². The van der Waals surface area contributed by atoms with E-state index in [1.54, 1.807) is 0 Å². The smallest absolute Gasteiger partial charge is 0.416 e. The zero-order chi connectivity index (χ0) is 22.8. The van der Waals surface area contributed by atoms with Crippen LogP contribution in [0.3, 0.4) is 0 Å². The van der Waals surface area contributed by atoms with Crippen molar-refractivity contribution in [2.24, 2.45) is 0 Å². The molecule has 1 aromatic carbocycles. The quantitative estimate of drug-likeness (QED) is 0.502. The van der Waals surface area contributed by atoms with Crippen LogP contribution in [0.5, 0.6) is 0 Å². The number of nitrogens with zero attached hydrogens (tertiary/aromatic N) is 1. The molecule has 1 saturated carbocycles. The van der Waals surface area contributed by atoms with Crippen LogP contribution in [-0.2, 0) is 21.2 Å². The van der Waals surface area contributed by atoms with Gasteiger partial charge < -0.3 is 15.4 Å². The average Bonchev–Trinajstić information content (AvgIpc) is 3.50. The first-order valence-corrected chi connectivity index (χ1v) is 9.57. The van der Waals surface area contributed by atoms with Crippen molar-refractivity contribution < 1.29 is 31.9 Å². The number of methoxy groups -OCH3 is 1. The van der Waals surface area contributed by atoms with Gasteiger partial charge >= 0.3 is 18.2 Å². The van der Waals surface area contributed by atoms with Gasteiger partial charge in [-0.3, -0.25) is 9.78 Å². The van der Waals surface area contributed by atoms with Crippen LogP contribution in [0.1, 0.15) is 36.1 Å². The number of ether oxygens (including phenoxy) is 1. The Morgan fingerprint density at radius 1 is 1.19 bits per heavy atom. The fraction of sp³-hybridized carbons (Fsp3) is 0.350. The molecule has 2 N–H and O–H groups in total. The van der Waals surface area contributed by atoms with Crippen LogP contribution in [0.15, 0.2) is 36.5 Å². The summed E-state index contributed by atoms with van der Waals surface area (Å²) in [5.41, 5.74) is -3.59. The van der Waals surface area contributed by atoms with Crippen molar-refractivity contribution in [3.05, 3.63) is 64.2 Å². The average molecular weight is 460 g/mol. The highest BCUT2D eigenvalue weighted by molar-refractivity contribution is 6.30. The van der Waals surface area contributed by atoms with Crippen LogP contribution in [0, 0.1) is 5.82 Å². The number of aromatic nitrogens is 1. The highest BCUT2D eigenvalue weighted by Crippen LogP contribution is 2.38. The lowest BCUT2D eigenvalue weighted by molar-refractivity contribution is -0.142. The minimum atomic E-state index is -4.86. The normalized spacial score (nSPS) is 15.7. The molecule has 0 aliphatic heterocycles. The maximum absolute atomic E-state index is 14.3. The molecule has 2 aromatic rings. The first kappa shape index (κ1) is 22.8. The molecular weight excluding hydrogens is 442 g/mol. The first-order valence-electron chi connectivity index (χ1n) is 9.19. The van der Waals surface area contributed by atoms with Gasteiger partial charge in [0.2, 0.25) is 0 Å². The fourth-order valence-corrected chi connectivity index (χ4v) is 3.19. The standard InChI is InChI=1S/C20H18ClF4N3O3/c1-31-17(29)9-19(16-5-2-13(21)10-26-16,28-18(30)27-15-3-4-15)11-6-12(20(23,24)25)8-14(22)7-11/h2,5-8,10,15H,3-4,9H2,1H3,(H2,27,28,30)/t19-/m0/s1. The molecule has 0 spiro atoms. The summed E-state index contributed by atoms with van der Waals surface area (Å²) >= 11 is 5.87.